The Kier molecular flexibility index (Phi) is 6.92. The molecule has 4 heterocycles. The highest BCUT2D eigenvalue weighted by atomic mass is 15.1. The van der Waals surface area contributed by atoms with Crippen LogP contribution in [-0.2, 0) is 12.1 Å². The molecule has 1 aliphatic rings. The number of anilines is 1. The fourth-order valence-corrected chi connectivity index (χ4v) is 7.05. The summed E-state index contributed by atoms with van der Waals surface area (Å²) >= 11 is 0. The number of fused-ring (bicyclic) bond motifs is 6. The number of imidazole rings is 1. The molecule has 0 saturated heterocycles. The highest BCUT2D eigenvalue weighted by Crippen LogP contribution is 2.49. The molecule has 6 rings (SSSR count). The largest absolute Gasteiger partial charge is 0.377 e. The van der Waals surface area contributed by atoms with E-state index in [1.165, 1.54) is 38.7 Å². The standard InChI is InChI=1S/C37H42N5/c1-9-19-37(6,41-20-18-28(39(7)8)21-27(41)10-2)32-17-16-30(29-15-13-12-14-25(29)4)34-31-23-40(11-3)24-33(31)42-26(5)22-38-36(42)35(32)34/h9-10,12-16,18-24,32H,2,11,17H2,1,3-8H3/q+1. The van der Waals surface area contributed by atoms with Gasteiger partial charge in [-0.25, -0.2) is 4.98 Å². The molecule has 0 fully saturated rings. The highest BCUT2D eigenvalue weighted by Gasteiger charge is 2.47. The Morgan fingerprint density at radius 1 is 1.17 bits per heavy atom. The van der Waals surface area contributed by atoms with E-state index in [4.69, 9.17) is 4.98 Å². The lowest BCUT2D eigenvalue weighted by Crippen LogP contribution is -2.58. The van der Waals surface area contributed by atoms with Crippen molar-refractivity contribution >= 4 is 33.9 Å². The maximum absolute atomic E-state index is 5.13. The SMILES string of the molecule is C=Cc1cc(N(C)C)cc[n+]1C(C)(C=CC)C1CC=C(c2ccccc2C)c2c1c1ncc(C)n1c1cn(CC)cc21. The number of rotatable bonds is 7. The first-order valence-corrected chi connectivity index (χ1v) is 15.0. The van der Waals surface area contributed by atoms with Crippen LogP contribution >= 0.6 is 0 Å². The summed E-state index contributed by atoms with van der Waals surface area (Å²) in [6.45, 7) is 16.2. The molecule has 2 atom stereocenters. The average molecular weight is 557 g/mol. The summed E-state index contributed by atoms with van der Waals surface area (Å²) in [5.74, 6) is 0.129. The second kappa shape index (κ2) is 10.5. The highest BCUT2D eigenvalue weighted by molar-refractivity contribution is 6.02. The first-order valence-electron chi connectivity index (χ1n) is 15.0. The van der Waals surface area contributed by atoms with E-state index in [1.54, 1.807) is 0 Å². The van der Waals surface area contributed by atoms with E-state index in [2.05, 4.69) is 147 Å². The van der Waals surface area contributed by atoms with E-state index in [0.717, 1.165) is 35.7 Å². The third-order valence-electron chi connectivity index (χ3n) is 9.22. The molecule has 1 aromatic carbocycles. The first-order chi connectivity index (χ1) is 20.2. The van der Waals surface area contributed by atoms with Gasteiger partial charge in [-0.3, -0.25) is 4.40 Å². The van der Waals surface area contributed by atoms with Crippen molar-refractivity contribution in [2.45, 2.75) is 59.0 Å². The van der Waals surface area contributed by atoms with Crippen molar-refractivity contribution in [1.82, 2.24) is 14.0 Å². The van der Waals surface area contributed by atoms with Crippen molar-refractivity contribution in [3.05, 3.63) is 120 Å². The molecule has 0 saturated carbocycles. The third-order valence-corrected chi connectivity index (χ3v) is 9.22. The molecule has 4 aromatic heterocycles. The van der Waals surface area contributed by atoms with Gasteiger partial charge in [-0.2, -0.15) is 4.57 Å². The molecule has 0 aliphatic heterocycles. The number of aryl methyl sites for hydroxylation is 3. The number of aromatic nitrogens is 4. The van der Waals surface area contributed by atoms with E-state index in [-0.39, 0.29) is 11.5 Å². The third kappa shape index (κ3) is 4.13. The van der Waals surface area contributed by atoms with Gasteiger partial charge in [0.25, 0.3) is 0 Å². The summed E-state index contributed by atoms with van der Waals surface area (Å²) in [5, 5.41) is 1.28. The molecule has 2 unspecified atom stereocenters. The Labute approximate surface area is 249 Å². The Balaban J connectivity index is 1.73. The molecule has 5 heteroatoms. The molecular formula is C37H42N5+. The van der Waals surface area contributed by atoms with Crippen LogP contribution in [0.1, 0.15) is 66.8 Å². The molecule has 5 nitrogen and oxygen atoms in total. The van der Waals surface area contributed by atoms with Gasteiger partial charge < -0.3 is 9.47 Å². The van der Waals surface area contributed by atoms with Crippen molar-refractivity contribution in [3.63, 3.8) is 0 Å². The molecule has 214 valence electrons. The van der Waals surface area contributed by atoms with Gasteiger partial charge in [0.05, 0.1) is 11.4 Å². The summed E-state index contributed by atoms with van der Waals surface area (Å²) in [5.41, 5.74) is 11.8. The van der Waals surface area contributed by atoms with Gasteiger partial charge >= 0.3 is 0 Å². The van der Waals surface area contributed by atoms with Gasteiger partial charge in [0, 0.05) is 92.3 Å². The van der Waals surface area contributed by atoms with Crippen LogP contribution in [0.4, 0.5) is 5.69 Å². The first kappa shape index (κ1) is 27.8. The zero-order valence-electron chi connectivity index (χ0n) is 26.0. The molecule has 42 heavy (non-hydrogen) atoms. The van der Waals surface area contributed by atoms with Crippen LogP contribution in [0.25, 0.3) is 28.2 Å². The molecule has 0 spiro atoms. The molecule has 0 radical (unpaired) electrons. The second-order valence-electron chi connectivity index (χ2n) is 12.0. The van der Waals surface area contributed by atoms with E-state index >= 15 is 0 Å². The van der Waals surface area contributed by atoms with Gasteiger partial charge in [0.15, 0.2) is 11.7 Å². The minimum atomic E-state index is -0.382. The van der Waals surface area contributed by atoms with Gasteiger partial charge in [-0.05, 0) is 56.9 Å². The van der Waals surface area contributed by atoms with Crippen LogP contribution in [0.3, 0.4) is 0 Å². The summed E-state index contributed by atoms with van der Waals surface area (Å²) in [4.78, 5) is 7.27. The fourth-order valence-electron chi connectivity index (χ4n) is 7.05. The minimum absolute atomic E-state index is 0.129. The summed E-state index contributed by atoms with van der Waals surface area (Å²) < 4.78 is 7.08. The van der Waals surface area contributed by atoms with Crippen LogP contribution in [0.2, 0.25) is 0 Å². The van der Waals surface area contributed by atoms with Gasteiger partial charge in [0.2, 0.25) is 5.69 Å². The number of nitrogens with zero attached hydrogens (tertiary/aromatic N) is 5. The van der Waals surface area contributed by atoms with E-state index in [9.17, 15) is 0 Å². The zero-order valence-corrected chi connectivity index (χ0v) is 26.0. The lowest BCUT2D eigenvalue weighted by molar-refractivity contribution is -0.754. The number of benzene rings is 1. The monoisotopic (exact) mass is 556 g/mol. The Bertz CT molecular complexity index is 1900. The Morgan fingerprint density at radius 3 is 2.64 bits per heavy atom. The van der Waals surface area contributed by atoms with Crippen molar-refractivity contribution < 1.29 is 4.57 Å². The van der Waals surface area contributed by atoms with Crippen LogP contribution < -0.4 is 9.47 Å². The minimum Gasteiger partial charge on any atom is -0.377 e. The fraction of sp³-hybridized carbons (Fsp3) is 0.297. The number of allylic oxidation sites excluding steroid dienone is 3. The van der Waals surface area contributed by atoms with Crippen LogP contribution in [0.5, 0.6) is 0 Å². The number of pyridine rings is 2. The molecule has 5 aromatic rings. The van der Waals surface area contributed by atoms with Crippen molar-refractivity contribution in [2.24, 2.45) is 0 Å². The quantitative estimate of drug-likeness (QED) is 0.151. The predicted molar refractivity (Wildman–Crippen MR) is 176 cm³/mol. The van der Waals surface area contributed by atoms with Crippen molar-refractivity contribution in [3.8, 4) is 0 Å². The molecule has 0 N–H and O–H groups in total. The normalized spacial score (nSPS) is 16.5. The second-order valence-corrected chi connectivity index (χ2v) is 12.0. The zero-order chi connectivity index (χ0) is 29.8. The molecule has 0 amide bonds. The van der Waals surface area contributed by atoms with E-state index in [1.807, 2.05) is 12.3 Å². The number of hydrogen-bond donors (Lipinski definition) is 0. The van der Waals surface area contributed by atoms with E-state index < -0.39 is 0 Å². The Morgan fingerprint density at radius 2 is 1.95 bits per heavy atom. The summed E-state index contributed by atoms with van der Waals surface area (Å²) in [7, 11) is 4.16. The lowest BCUT2D eigenvalue weighted by atomic mass is 9.70. The smallest absolute Gasteiger partial charge is 0.207 e. The summed E-state index contributed by atoms with van der Waals surface area (Å²) in [6, 6.07) is 13.2. The average Bonchev–Trinajstić information content (AvgIpc) is 3.60. The summed E-state index contributed by atoms with van der Waals surface area (Å²) in [6.07, 6.45) is 18.8. The maximum atomic E-state index is 5.13. The molecular weight excluding hydrogens is 514 g/mol. The van der Waals surface area contributed by atoms with Crippen LogP contribution in [0.15, 0.2) is 86.0 Å². The Hall–Kier alpha value is -4.38. The van der Waals surface area contributed by atoms with Gasteiger partial charge in [0.1, 0.15) is 5.65 Å². The van der Waals surface area contributed by atoms with Gasteiger partial charge in [-0.1, -0.05) is 43.0 Å². The predicted octanol–water partition coefficient (Wildman–Crippen LogP) is 7.83. The maximum Gasteiger partial charge on any atom is 0.207 e. The lowest BCUT2D eigenvalue weighted by Gasteiger charge is -2.36. The molecule has 0 bridgehead atoms. The van der Waals surface area contributed by atoms with Crippen LogP contribution in [-0.4, -0.2) is 28.0 Å². The molecule has 1 aliphatic carbocycles. The van der Waals surface area contributed by atoms with E-state index in [0.29, 0.717) is 0 Å². The van der Waals surface area contributed by atoms with Crippen molar-refractivity contribution in [1.29, 1.82) is 0 Å². The topological polar surface area (TPSA) is 29.4 Å². The van der Waals surface area contributed by atoms with Crippen LogP contribution in [0, 0.1) is 13.8 Å². The van der Waals surface area contributed by atoms with Crippen molar-refractivity contribution in [2.75, 3.05) is 19.0 Å². The number of hydrogen-bond acceptors (Lipinski definition) is 2. The van der Waals surface area contributed by atoms with Gasteiger partial charge in [-0.15, -0.1) is 0 Å².